The lowest BCUT2D eigenvalue weighted by atomic mass is 9.98. The van der Waals surface area contributed by atoms with Crippen molar-refractivity contribution in [1.82, 2.24) is 9.80 Å². The molecule has 0 radical (unpaired) electrons. The molecule has 2 rings (SSSR count). The fraction of sp³-hybridized carbons (Fsp3) is 0.529. The minimum absolute atomic E-state index is 0.0899. The molecule has 0 saturated carbocycles. The molecule has 1 aromatic rings. The Labute approximate surface area is 126 Å². The number of hydrogen-bond acceptors (Lipinski definition) is 2. The first kappa shape index (κ1) is 15.5. The minimum Gasteiger partial charge on any atom is -0.339 e. The highest BCUT2D eigenvalue weighted by Gasteiger charge is 2.22. The van der Waals surface area contributed by atoms with Crippen LogP contribution in [-0.2, 0) is 16.0 Å². The molecule has 0 N–H and O–H groups in total. The topological polar surface area (TPSA) is 40.6 Å². The van der Waals surface area contributed by atoms with Crippen LogP contribution >= 0.6 is 0 Å². The van der Waals surface area contributed by atoms with Crippen LogP contribution in [-0.4, -0.2) is 47.8 Å². The largest absolute Gasteiger partial charge is 0.339 e. The third-order valence-corrected chi connectivity index (χ3v) is 4.37. The van der Waals surface area contributed by atoms with Crippen LogP contribution in [0.5, 0.6) is 0 Å². The number of amides is 2. The molecule has 4 heteroatoms. The maximum absolute atomic E-state index is 12.4. The van der Waals surface area contributed by atoms with Crippen LogP contribution in [0.15, 0.2) is 12.1 Å². The maximum atomic E-state index is 12.4. The predicted octanol–water partition coefficient (Wildman–Crippen LogP) is 1.85. The molecule has 1 heterocycles. The zero-order valence-corrected chi connectivity index (χ0v) is 13.4. The molecule has 1 saturated heterocycles. The Morgan fingerprint density at radius 3 is 2.00 bits per heavy atom. The summed E-state index contributed by atoms with van der Waals surface area (Å²) in [6, 6.07) is 4.26. The van der Waals surface area contributed by atoms with E-state index in [4.69, 9.17) is 0 Å². The van der Waals surface area contributed by atoms with Gasteiger partial charge in [-0.1, -0.05) is 12.1 Å². The normalized spacial score (nSPS) is 15.2. The maximum Gasteiger partial charge on any atom is 0.227 e. The Balaban J connectivity index is 2.00. The average Bonchev–Trinajstić information content (AvgIpc) is 2.44. The molecule has 0 aliphatic carbocycles. The second kappa shape index (κ2) is 6.29. The number of rotatable bonds is 2. The first-order valence-corrected chi connectivity index (χ1v) is 7.48. The van der Waals surface area contributed by atoms with E-state index in [1.807, 2.05) is 4.90 Å². The highest BCUT2D eigenvalue weighted by atomic mass is 16.2. The molecular weight excluding hydrogens is 264 g/mol. The zero-order chi connectivity index (χ0) is 15.6. The summed E-state index contributed by atoms with van der Waals surface area (Å²) in [6.07, 6.45) is 0.451. The third-order valence-electron chi connectivity index (χ3n) is 4.37. The summed E-state index contributed by atoms with van der Waals surface area (Å²) in [5.41, 5.74) is 4.77. The number of carbonyl (C=O) groups excluding carboxylic acids is 2. The van der Waals surface area contributed by atoms with Crippen molar-refractivity contribution in [2.24, 2.45) is 0 Å². The molecule has 2 amide bonds. The van der Waals surface area contributed by atoms with Gasteiger partial charge in [-0.3, -0.25) is 9.59 Å². The van der Waals surface area contributed by atoms with Gasteiger partial charge in [-0.05, 0) is 43.0 Å². The number of benzene rings is 1. The summed E-state index contributed by atoms with van der Waals surface area (Å²) >= 11 is 0. The lowest BCUT2D eigenvalue weighted by Gasteiger charge is -2.34. The fourth-order valence-electron chi connectivity index (χ4n) is 2.76. The molecule has 0 unspecified atom stereocenters. The highest BCUT2D eigenvalue weighted by Crippen LogP contribution is 2.17. The first-order valence-electron chi connectivity index (χ1n) is 7.48. The Kier molecular flexibility index (Phi) is 4.66. The third kappa shape index (κ3) is 3.63. The first-order chi connectivity index (χ1) is 9.88. The molecule has 21 heavy (non-hydrogen) atoms. The predicted molar refractivity (Wildman–Crippen MR) is 83.2 cm³/mol. The van der Waals surface area contributed by atoms with E-state index >= 15 is 0 Å². The van der Waals surface area contributed by atoms with Gasteiger partial charge in [0.1, 0.15) is 0 Å². The molecule has 4 nitrogen and oxygen atoms in total. The van der Waals surface area contributed by atoms with E-state index in [2.05, 4.69) is 32.9 Å². The van der Waals surface area contributed by atoms with Crippen molar-refractivity contribution >= 4 is 11.8 Å². The summed E-state index contributed by atoms with van der Waals surface area (Å²) in [4.78, 5) is 27.4. The van der Waals surface area contributed by atoms with Crippen LogP contribution < -0.4 is 0 Å². The van der Waals surface area contributed by atoms with Crippen LogP contribution in [0.25, 0.3) is 0 Å². The molecular formula is C17H24N2O2. The number of nitrogens with zero attached hydrogens (tertiary/aromatic N) is 2. The molecule has 0 spiro atoms. The number of piperazine rings is 1. The van der Waals surface area contributed by atoms with Crippen LogP contribution in [0.4, 0.5) is 0 Å². The number of hydrogen-bond donors (Lipinski definition) is 0. The summed E-state index contributed by atoms with van der Waals surface area (Å²) in [6.45, 7) is 10.4. The number of aryl methyl sites for hydroxylation is 3. The van der Waals surface area contributed by atoms with Crippen LogP contribution in [0.3, 0.4) is 0 Å². The van der Waals surface area contributed by atoms with Gasteiger partial charge in [0, 0.05) is 33.1 Å². The van der Waals surface area contributed by atoms with Crippen LogP contribution in [0, 0.1) is 20.8 Å². The van der Waals surface area contributed by atoms with E-state index in [0.29, 0.717) is 32.6 Å². The van der Waals surface area contributed by atoms with Crippen molar-refractivity contribution in [2.75, 3.05) is 26.2 Å². The smallest absolute Gasteiger partial charge is 0.227 e. The Morgan fingerprint density at radius 2 is 1.43 bits per heavy atom. The molecule has 1 aliphatic heterocycles. The summed E-state index contributed by atoms with van der Waals surface area (Å²) in [7, 11) is 0. The van der Waals surface area contributed by atoms with Gasteiger partial charge in [0.15, 0.2) is 0 Å². The van der Waals surface area contributed by atoms with Gasteiger partial charge in [0.2, 0.25) is 11.8 Å². The van der Waals surface area contributed by atoms with E-state index < -0.39 is 0 Å². The molecule has 1 aromatic carbocycles. The lowest BCUT2D eigenvalue weighted by molar-refractivity contribution is -0.138. The van der Waals surface area contributed by atoms with Gasteiger partial charge in [0.05, 0.1) is 6.42 Å². The Morgan fingerprint density at radius 1 is 0.905 bits per heavy atom. The van der Waals surface area contributed by atoms with Crippen molar-refractivity contribution in [1.29, 1.82) is 0 Å². The molecule has 0 bridgehead atoms. The van der Waals surface area contributed by atoms with Crippen LogP contribution in [0.1, 0.15) is 29.2 Å². The van der Waals surface area contributed by atoms with Crippen molar-refractivity contribution < 1.29 is 9.59 Å². The quantitative estimate of drug-likeness (QED) is 0.833. The summed E-state index contributed by atoms with van der Waals surface area (Å²) in [5, 5.41) is 0. The molecule has 0 aromatic heterocycles. The van der Waals surface area contributed by atoms with Gasteiger partial charge in [-0.15, -0.1) is 0 Å². The Bertz CT molecular complexity index is 558. The monoisotopic (exact) mass is 288 g/mol. The van der Waals surface area contributed by atoms with Crippen molar-refractivity contribution in [3.63, 3.8) is 0 Å². The van der Waals surface area contributed by atoms with Crippen molar-refractivity contribution in [3.8, 4) is 0 Å². The van der Waals surface area contributed by atoms with Gasteiger partial charge in [-0.25, -0.2) is 0 Å². The molecule has 1 fully saturated rings. The average molecular weight is 288 g/mol. The second-order valence-electron chi connectivity index (χ2n) is 5.93. The van der Waals surface area contributed by atoms with Gasteiger partial charge >= 0.3 is 0 Å². The van der Waals surface area contributed by atoms with Gasteiger partial charge in [-0.2, -0.15) is 0 Å². The molecule has 1 aliphatic rings. The van der Waals surface area contributed by atoms with Crippen LogP contribution in [0.2, 0.25) is 0 Å². The summed E-state index contributed by atoms with van der Waals surface area (Å²) in [5.74, 6) is 0.247. The standard InChI is InChI=1S/C17H24N2O2/c1-12-9-14(3)16(10-13(12)2)11-17(21)19-7-5-18(6-8-19)15(4)20/h9-10H,5-8,11H2,1-4H3. The lowest BCUT2D eigenvalue weighted by Crippen LogP contribution is -2.50. The van der Waals surface area contributed by atoms with Crippen molar-refractivity contribution in [3.05, 3.63) is 34.4 Å². The minimum atomic E-state index is 0.0899. The fourth-order valence-corrected chi connectivity index (χ4v) is 2.76. The van der Waals surface area contributed by atoms with Crippen molar-refractivity contribution in [2.45, 2.75) is 34.1 Å². The van der Waals surface area contributed by atoms with Gasteiger partial charge < -0.3 is 9.80 Å². The second-order valence-corrected chi connectivity index (χ2v) is 5.93. The van der Waals surface area contributed by atoms with E-state index in [1.54, 1.807) is 11.8 Å². The molecule has 0 atom stereocenters. The Hall–Kier alpha value is -1.84. The SMILES string of the molecule is CC(=O)N1CCN(C(=O)Cc2cc(C)c(C)cc2C)CC1. The number of carbonyl (C=O) groups is 2. The zero-order valence-electron chi connectivity index (χ0n) is 13.4. The van der Waals surface area contributed by atoms with E-state index in [1.165, 1.54) is 16.7 Å². The molecule has 114 valence electrons. The van der Waals surface area contributed by atoms with E-state index in [-0.39, 0.29) is 11.8 Å². The van der Waals surface area contributed by atoms with Gasteiger partial charge in [0.25, 0.3) is 0 Å². The summed E-state index contributed by atoms with van der Waals surface area (Å²) < 4.78 is 0. The highest BCUT2D eigenvalue weighted by molar-refractivity contribution is 5.80. The van der Waals surface area contributed by atoms with E-state index in [0.717, 1.165) is 5.56 Å². The van der Waals surface area contributed by atoms with E-state index in [9.17, 15) is 9.59 Å².